The Morgan fingerprint density at radius 2 is 2.46 bits per heavy atom. The van der Waals surface area contributed by atoms with Gasteiger partial charge in [0.05, 0.1) is 0 Å². The van der Waals surface area contributed by atoms with Gasteiger partial charge >= 0.3 is 0 Å². The van der Waals surface area contributed by atoms with Crippen LogP contribution in [0.4, 0.5) is 0 Å². The summed E-state index contributed by atoms with van der Waals surface area (Å²) >= 11 is 4.96. The van der Waals surface area contributed by atoms with Crippen molar-refractivity contribution in [3.05, 3.63) is 26.6 Å². The van der Waals surface area contributed by atoms with Crippen LogP contribution in [0, 0.1) is 0 Å². The minimum absolute atomic E-state index is 0.312. The molecule has 0 spiro atoms. The molecule has 3 N–H and O–H groups in total. The van der Waals surface area contributed by atoms with E-state index >= 15 is 0 Å². The average molecular weight is 260 g/mol. The summed E-state index contributed by atoms with van der Waals surface area (Å²) in [6.07, 6.45) is 0. The highest BCUT2D eigenvalue weighted by Gasteiger charge is 2.17. The van der Waals surface area contributed by atoms with Gasteiger partial charge in [0, 0.05) is 9.35 Å². The first-order chi connectivity index (χ1) is 6.29. The van der Waals surface area contributed by atoms with Gasteiger partial charge in [-0.15, -0.1) is 21.5 Å². The van der Waals surface area contributed by atoms with E-state index in [0.717, 1.165) is 9.35 Å². The number of halogens is 1. The Bertz CT molecular complexity index is 383. The predicted molar refractivity (Wildman–Crippen MR) is 52.2 cm³/mol. The standard InChI is InChI=1S/C6H6BrN5S/c7-3-1-2-13-5(3)4(8)6-9-11-12-10-6/h1-2,4H,8H2,(H,9,10,11,12). The maximum atomic E-state index is 5.90. The van der Waals surface area contributed by atoms with E-state index in [9.17, 15) is 0 Å². The third kappa shape index (κ3) is 1.62. The molecule has 0 aliphatic heterocycles. The summed E-state index contributed by atoms with van der Waals surface area (Å²) in [5.74, 6) is 0.503. The number of nitrogens with two attached hydrogens (primary N) is 1. The van der Waals surface area contributed by atoms with Crippen LogP contribution in [0.25, 0.3) is 0 Å². The van der Waals surface area contributed by atoms with Crippen molar-refractivity contribution in [1.82, 2.24) is 20.6 Å². The first kappa shape index (κ1) is 8.79. The predicted octanol–water partition coefficient (Wildman–Crippen LogP) is 1.07. The van der Waals surface area contributed by atoms with Gasteiger partial charge in [-0.3, -0.25) is 0 Å². The van der Waals surface area contributed by atoms with Crippen LogP contribution < -0.4 is 5.73 Å². The van der Waals surface area contributed by atoms with E-state index in [0.29, 0.717) is 5.82 Å². The zero-order valence-corrected chi connectivity index (χ0v) is 8.84. The maximum absolute atomic E-state index is 5.90. The van der Waals surface area contributed by atoms with Crippen molar-refractivity contribution in [2.45, 2.75) is 6.04 Å². The van der Waals surface area contributed by atoms with Gasteiger partial charge in [0.1, 0.15) is 6.04 Å². The molecule has 0 aliphatic rings. The van der Waals surface area contributed by atoms with Crippen LogP contribution in [0.3, 0.4) is 0 Å². The number of hydrogen-bond donors (Lipinski definition) is 2. The Hall–Kier alpha value is -0.790. The second-order valence-corrected chi connectivity index (χ2v) is 4.18. The lowest BCUT2D eigenvalue weighted by atomic mass is 10.2. The number of hydrogen-bond acceptors (Lipinski definition) is 5. The van der Waals surface area contributed by atoms with Crippen LogP contribution in [0.1, 0.15) is 16.7 Å². The Morgan fingerprint density at radius 1 is 1.62 bits per heavy atom. The van der Waals surface area contributed by atoms with E-state index in [1.165, 1.54) is 0 Å². The molecule has 0 radical (unpaired) electrons. The van der Waals surface area contributed by atoms with Gasteiger partial charge in [0.15, 0.2) is 5.82 Å². The lowest BCUT2D eigenvalue weighted by molar-refractivity contribution is 0.797. The fraction of sp³-hybridized carbons (Fsp3) is 0.167. The van der Waals surface area contributed by atoms with E-state index in [4.69, 9.17) is 5.73 Å². The minimum atomic E-state index is -0.312. The van der Waals surface area contributed by atoms with Crippen molar-refractivity contribution in [3.8, 4) is 0 Å². The molecule has 1 unspecified atom stereocenters. The Kier molecular flexibility index (Phi) is 2.38. The van der Waals surface area contributed by atoms with Gasteiger partial charge in [-0.1, -0.05) is 5.21 Å². The molecule has 7 heteroatoms. The van der Waals surface area contributed by atoms with Gasteiger partial charge in [0.25, 0.3) is 0 Å². The second-order valence-electron chi connectivity index (χ2n) is 2.38. The average Bonchev–Trinajstić information content (AvgIpc) is 2.72. The van der Waals surface area contributed by atoms with Crippen molar-refractivity contribution in [2.24, 2.45) is 5.73 Å². The van der Waals surface area contributed by atoms with Crippen molar-refractivity contribution in [2.75, 3.05) is 0 Å². The lowest BCUT2D eigenvalue weighted by Gasteiger charge is -2.03. The van der Waals surface area contributed by atoms with E-state index in [2.05, 4.69) is 36.6 Å². The highest BCUT2D eigenvalue weighted by atomic mass is 79.9. The molecule has 0 fully saturated rings. The van der Waals surface area contributed by atoms with E-state index in [-0.39, 0.29) is 6.04 Å². The second kappa shape index (κ2) is 3.52. The molecule has 0 amide bonds. The first-order valence-electron chi connectivity index (χ1n) is 3.51. The van der Waals surface area contributed by atoms with Crippen LogP contribution in [0.2, 0.25) is 0 Å². The molecule has 0 saturated carbocycles. The monoisotopic (exact) mass is 259 g/mol. The van der Waals surface area contributed by atoms with E-state index in [1.807, 2.05) is 11.4 Å². The zero-order chi connectivity index (χ0) is 9.26. The quantitative estimate of drug-likeness (QED) is 0.846. The third-order valence-corrected chi connectivity index (χ3v) is 3.52. The molecular formula is C6H6BrN5S. The Labute approximate surface area is 86.5 Å². The van der Waals surface area contributed by atoms with Crippen LogP contribution >= 0.6 is 27.3 Å². The number of tetrazole rings is 1. The third-order valence-electron chi connectivity index (χ3n) is 1.57. The van der Waals surface area contributed by atoms with Crippen molar-refractivity contribution >= 4 is 27.3 Å². The highest BCUT2D eigenvalue weighted by Crippen LogP contribution is 2.29. The van der Waals surface area contributed by atoms with Gasteiger partial charge in [-0.25, -0.2) is 0 Å². The number of nitrogens with one attached hydrogen (secondary N) is 1. The molecular weight excluding hydrogens is 254 g/mol. The summed E-state index contributed by atoms with van der Waals surface area (Å²) in [4.78, 5) is 1.00. The number of thiophene rings is 1. The summed E-state index contributed by atoms with van der Waals surface area (Å²) in [5, 5.41) is 15.4. The van der Waals surface area contributed by atoms with Crippen LogP contribution in [0.15, 0.2) is 15.9 Å². The zero-order valence-electron chi connectivity index (χ0n) is 6.44. The summed E-state index contributed by atoms with van der Waals surface area (Å²) in [7, 11) is 0. The number of nitrogens with zero attached hydrogens (tertiary/aromatic N) is 3. The molecule has 0 aliphatic carbocycles. The fourth-order valence-corrected chi connectivity index (χ4v) is 2.56. The van der Waals surface area contributed by atoms with Crippen LogP contribution in [0.5, 0.6) is 0 Å². The summed E-state index contributed by atoms with van der Waals surface area (Å²) in [6.45, 7) is 0. The van der Waals surface area contributed by atoms with Crippen molar-refractivity contribution < 1.29 is 0 Å². The van der Waals surface area contributed by atoms with Gasteiger partial charge in [-0.2, -0.15) is 5.21 Å². The molecule has 68 valence electrons. The molecule has 0 aromatic carbocycles. The number of aromatic amines is 1. The molecule has 2 heterocycles. The summed E-state index contributed by atoms with van der Waals surface area (Å²) < 4.78 is 0.981. The van der Waals surface area contributed by atoms with Crippen LogP contribution in [-0.4, -0.2) is 20.6 Å². The summed E-state index contributed by atoms with van der Waals surface area (Å²) in [6, 6.07) is 1.63. The van der Waals surface area contributed by atoms with Crippen molar-refractivity contribution in [1.29, 1.82) is 0 Å². The minimum Gasteiger partial charge on any atom is -0.317 e. The fourth-order valence-electron chi connectivity index (χ4n) is 0.946. The molecule has 2 aromatic rings. The molecule has 2 rings (SSSR count). The molecule has 1 atom stereocenters. The normalized spacial score (nSPS) is 13.1. The lowest BCUT2D eigenvalue weighted by Crippen LogP contribution is -2.12. The number of rotatable bonds is 2. The molecule has 5 nitrogen and oxygen atoms in total. The Balaban J connectivity index is 2.33. The number of H-pyrrole nitrogens is 1. The largest absolute Gasteiger partial charge is 0.317 e. The number of aromatic nitrogens is 4. The molecule has 13 heavy (non-hydrogen) atoms. The van der Waals surface area contributed by atoms with E-state index in [1.54, 1.807) is 11.3 Å². The van der Waals surface area contributed by atoms with Gasteiger partial charge in [-0.05, 0) is 27.4 Å². The topological polar surface area (TPSA) is 80.5 Å². The first-order valence-corrected chi connectivity index (χ1v) is 5.18. The van der Waals surface area contributed by atoms with Gasteiger partial charge in [0.2, 0.25) is 0 Å². The molecule has 2 aromatic heterocycles. The summed E-state index contributed by atoms with van der Waals surface area (Å²) in [5.41, 5.74) is 5.90. The maximum Gasteiger partial charge on any atom is 0.196 e. The van der Waals surface area contributed by atoms with E-state index < -0.39 is 0 Å². The van der Waals surface area contributed by atoms with Crippen molar-refractivity contribution in [3.63, 3.8) is 0 Å². The highest BCUT2D eigenvalue weighted by molar-refractivity contribution is 9.10. The smallest absolute Gasteiger partial charge is 0.196 e. The molecule has 0 bridgehead atoms. The SMILES string of the molecule is NC(c1nn[nH]n1)c1sccc1Br. The molecule has 0 saturated heterocycles. The Morgan fingerprint density at radius 3 is 3.00 bits per heavy atom. The van der Waals surface area contributed by atoms with Crippen LogP contribution in [-0.2, 0) is 0 Å². The van der Waals surface area contributed by atoms with Gasteiger partial charge < -0.3 is 5.73 Å².